The molecule has 0 amide bonds. The summed E-state index contributed by atoms with van der Waals surface area (Å²) >= 11 is 0. The maximum absolute atomic E-state index is 12.2. The molecule has 0 aromatic rings. The molecule has 0 heterocycles. The van der Waals surface area contributed by atoms with E-state index in [0.717, 1.165) is 32.2 Å². The van der Waals surface area contributed by atoms with Gasteiger partial charge in [0.2, 0.25) is 10.0 Å². The normalized spacial score (nSPS) is 18.1. The number of aliphatic hydroxyl groups excluding tert-OH is 1. The van der Waals surface area contributed by atoms with Crippen molar-refractivity contribution >= 4 is 10.0 Å². The van der Waals surface area contributed by atoms with Crippen molar-refractivity contribution in [1.82, 2.24) is 9.62 Å². The molecular weight excluding hydrogens is 240 g/mol. The molecule has 0 unspecified atom stereocenters. The van der Waals surface area contributed by atoms with Crippen molar-refractivity contribution < 1.29 is 13.5 Å². The molecule has 0 atom stereocenters. The molecule has 0 radical (unpaired) electrons. The largest absolute Gasteiger partial charge is 0.395 e. The lowest BCUT2D eigenvalue weighted by atomic mass is 10.2. The van der Waals surface area contributed by atoms with E-state index in [9.17, 15) is 8.42 Å². The van der Waals surface area contributed by atoms with E-state index in [1.165, 1.54) is 4.31 Å². The first-order valence-electron chi connectivity index (χ1n) is 6.43. The summed E-state index contributed by atoms with van der Waals surface area (Å²) in [5.41, 5.74) is 0. The van der Waals surface area contributed by atoms with Crippen LogP contribution in [-0.2, 0) is 10.0 Å². The molecule has 1 aliphatic carbocycles. The van der Waals surface area contributed by atoms with Gasteiger partial charge < -0.3 is 10.4 Å². The first-order chi connectivity index (χ1) is 8.11. The maximum atomic E-state index is 12.2. The number of sulfonamides is 1. The third kappa shape index (κ3) is 4.54. The quantitative estimate of drug-likeness (QED) is 0.613. The van der Waals surface area contributed by atoms with Crippen LogP contribution in [0.5, 0.6) is 0 Å². The van der Waals surface area contributed by atoms with Gasteiger partial charge in [-0.05, 0) is 19.4 Å². The molecule has 1 saturated carbocycles. The molecule has 0 aromatic carbocycles. The Hall–Kier alpha value is -0.170. The van der Waals surface area contributed by atoms with Gasteiger partial charge in [0.25, 0.3) is 0 Å². The number of hydrogen-bond acceptors (Lipinski definition) is 4. The Morgan fingerprint density at radius 3 is 2.53 bits per heavy atom. The van der Waals surface area contributed by atoms with Crippen LogP contribution in [0, 0.1) is 0 Å². The summed E-state index contributed by atoms with van der Waals surface area (Å²) in [6, 6.07) is 0.105. The van der Waals surface area contributed by atoms with Gasteiger partial charge in [-0.3, -0.25) is 0 Å². The standard InChI is InChI=1S/C11H24N2O3S/c1-2-12-7-10-17(15,16)13(8-9-14)11-5-3-4-6-11/h11-12,14H,2-10H2,1H3. The van der Waals surface area contributed by atoms with Crippen LogP contribution in [0.25, 0.3) is 0 Å². The van der Waals surface area contributed by atoms with Gasteiger partial charge in [0.15, 0.2) is 0 Å². The van der Waals surface area contributed by atoms with Gasteiger partial charge in [0.05, 0.1) is 12.4 Å². The highest BCUT2D eigenvalue weighted by Gasteiger charge is 2.30. The van der Waals surface area contributed by atoms with Crippen LogP contribution in [0.2, 0.25) is 0 Å². The summed E-state index contributed by atoms with van der Waals surface area (Å²) in [4.78, 5) is 0. The molecule has 17 heavy (non-hydrogen) atoms. The van der Waals surface area contributed by atoms with E-state index in [4.69, 9.17) is 5.11 Å². The van der Waals surface area contributed by atoms with Crippen LogP contribution in [0.1, 0.15) is 32.6 Å². The van der Waals surface area contributed by atoms with Crippen molar-refractivity contribution in [3.63, 3.8) is 0 Å². The Kier molecular flexibility index (Phi) is 6.40. The van der Waals surface area contributed by atoms with Crippen molar-refractivity contribution in [3.8, 4) is 0 Å². The number of rotatable bonds is 8. The monoisotopic (exact) mass is 264 g/mol. The number of nitrogens with one attached hydrogen (secondary N) is 1. The molecule has 6 heteroatoms. The zero-order chi connectivity index (χ0) is 12.7. The van der Waals surface area contributed by atoms with Gasteiger partial charge in [-0.25, -0.2) is 8.42 Å². The van der Waals surface area contributed by atoms with Gasteiger partial charge in [0, 0.05) is 19.1 Å². The molecule has 0 spiro atoms. The van der Waals surface area contributed by atoms with Crippen LogP contribution in [-0.4, -0.2) is 55.9 Å². The summed E-state index contributed by atoms with van der Waals surface area (Å²) in [6.07, 6.45) is 4.05. The fourth-order valence-electron chi connectivity index (χ4n) is 2.33. The smallest absolute Gasteiger partial charge is 0.215 e. The minimum Gasteiger partial charge on any atom is -0.395 e. The summed E-state index contributed by atoms with van der Waals surface area (Å²) in [7, 11) is -3.23. The van der Waals surface area contributed by atoms with Crippen molar-refractivity contribution in [2.24, 2.45) is 0 Å². The Balaban J connectivity index is 2.60. The van der Waals surface area contributed by atoms with Crippen LogP contribution in [0.4, 0.5) is 0 Å². The molecule has 0 aromatic heterocycles. The zero-order valence-electron chi connectivity index (χ0n) is 10.6. The maximum Gasteiger partial charge on any atom is 0.215 e. The molecule has 1 aliphatic rings. The Labute approximate surface area is 104 Å². The average Bonchev–Trinajstić information content (AvgIpc) is 2.79. The molecule has 102 valence electrons. The second-order valence-corrected chi connectivity index (χ2v) is 6.48. The topological polar surface area (TPSA) is 69.6 Å². The first kappa shape index (κ1) is 14.9. The molecule has 1 rings (SSSR count). The molecular formula is C11H24N2O3S. The highest BCUT2D eigenvalue weighted by molar-refractivity contribution is 7.89. The second kappa shape index (κ2) is 7.31. The fraction of sp³-hybridized carbons (Fsp3) is 1.00. The fourth-order valence-corrected chi connectivity index (χ4v) is 4.00. The van der Waals surface area contributed by atoms with Gasteiger partial charge >= 0.3 is 0 Å². The SMILES string of the molecule is CCNCCS(=O)(=O)N(CCO)C1CCCC1. The highest BCUT2D eigenvalue weighted by Crippen LogP contribution is 2.25. The van der Waals surface area contributed by atoms with Gasteiger partial charge in [0.1, 0.15) is 0 Å². The average molecular weight is 264 g/mol. The number of aliphatic hydroxyl groups is 1. The summed E-state index contributed by atoms with van der Waals surface area (Å²) in [5, 5.41) is 12.0. The summed E-state index contributed by atoms with van der Waals surface area (Å²) in [6.45, 7) is 3.34. The lowest BCUT2D eigenvalue weighted by molar-refractivity contribution is 0.226. The van der Waals surface area contributed by atoms with Gasteiger partial charge in [-0.1, -0.05) is 19.8 Å². The van der Waals surface area contributed by atoms with E-state index in [2.05, 4.69) is 5.32 Å². The van der Waals surface area contributed by atoms with Crippen LogP contribution >= 0.6 is 0 Å². The van der Waals surface area contributed by atoms with Gasteiger partial charge in [-0.15, -0.1) is 0 Å². The van der Waals surface area contributed by atoms with Crippen LogP contribution < -0.4 is 5.32 Å². The van der Waals surface area contributed by atoms with Crippen molar-refractivity contribution in [2.45, 2.75) is 38.6 Å². The highest BCUT2D eigenvalue weighted by atomic mass is 32.2. The number of nitrogens with zero attached hydrogens (tertiary/aromatic N) is 1. The van der Waals surface area contributed by atoms with Crippen molar-refractivity contribution in [2.75, 3.05) is 32.0 Å². The Morgan fingerprint density at radius 2 is 2.00 bits per heavy atom. The molecule has 5 nitrogen and oxygen atoms in total. The zero-order valence-corrected chi connectivity index (χ0v) is 11.4. The Bertz CT molecular complexity index is 300. The van der Waals surface area contributed by atoms with Crippen LogP contribution in [0.15, 0.2) is 0 Å². The van der Waals surface area contributed by atoms with E-state index < -0.39 is 10.0 Å². The first-order valence-corrected chi connectivity index (χ1v) is 8.04. The third-order valence-corrected chi connectivity index (χ3v) is 5.11. The molecule has 0 saturated heterocycles. The van der Waals surface area contributed by atoms with Gasteiger partial charge in [-0.2, -0.15) is 4.31 Å². The molecule has 0 bridgehead atoms. The van der Waals surface area contributed by atoms with E-state index in [1.54, 1.807) is 0 Å². The minimum atomic E-state index is -3.23. The molecule has 0 aliphatic heterocycles. The Morgan fingerprint density at radius 1 is 1.35 bits per heavy atom. The van der Waals surface area contributed by atoms with Crippen LogP contribution in [0.3, 0.4) is 0 Å². The summed E-state index contributed by atoms with van der Waals surface area (Å²) in [5.74, 6) is 0.122. The van der Waals surface area contributed by atoms with Crippen molar-refractivity contribution in [1.29, 1.82) is 0 Å². The lowest BCUT2D eigenvalue weighted by Crippen LogP contribution is -2.43. The summed E-state index contributed by atoms with van der Waals surface area (Å²) < 4.78 is 25.8. The minimum absolute atomic E-state index is 0.100. The molecule has 1 fully saturated rings. The predicted molar refractivity (Wildman–Crippen MR) is 68.4 cm³/mol. The second-order valence-electron chi connectivity index (χ2n) is 4.44. The third-order valence-electron chi connectivity index (χ3n) is 3.20. The van der Waals surface area contributed by atoms with E-state index >= 15 is 0 Å². The van der Waals surface area contributed by atoms with Crippen molar-refractivity contribution in [3.05, 3.63) is 0 Å². The number of hydrogen-bond donors (Lipinski definition) is 2. The molecule has 2 N–H and O–H groups in total. The predicted octanol–water partition coefficient (Wildman–Crippen LogP) is 0.163. The van der Waals surface area contributed by atoms with E-state index in [0.29, 0.717) is 6.54 Å². The van der Waals surface area contributed by atoms with E-state index in [-0.39, 0.29) is 24.9 Å². The van der Waals surface area contributed by atoms with E-state index in [1.807, 2.05) is 6.92 Å². The lowest BCUT2D eigenvalue weighted by Gasteiger charge is -2.27.